The molecule has 1 aromatic carbocycles. The predicted molar refractivity (Wildman–Crippen MR) is 69.8 cm³/mol. The molecule has 4 nitrogen and oxygen atoms in total. The van der Waals surface area contributed by atoms with Crippen LogP contribution in [0.4, 0.5) is 0 Å². The summed E-state index contributed by atoms with van der Waals surface area (Å²) in [6, 6.07) is 7.96. The third-order valence-electron chi connectivity index (χ3n) is 3.55. The van der Waals surface area contributed by atoms with Gasteiger partial charge in [-0.3, -0.25) is 4.79 Å². The Kier molecular flexibility index (Phi) is 2.85. The van der Waals surface area contributed by atoms with Gasteiger partial charge in [-0.2, -0.15) is 0 Å². The molecule has 1 atom stereocenters. The first-order chi connectivity index (χ1) is 9.13. The molecule has 19 heavy (non-hydrogen) atoms. The SMILES string of the molecule is Cc1cccc(-c2nc3c(o2)CC(C(=O)O)CC3)c1. The molecule has 0 aliphatic heterocycles. The lowest BCUT2D eigenvalue weighted by Gasteiger charge is -2.15. The zero-order valence-corrected chi connectivity index (χ0v) is 10.7. The molecule has 0 bridgehead atoms. The van der Waals surface area contributed by atoms with Gasteiger partial charge in [-0.25, -0.2) is 4.98 Å². The van der Waals surface area contributed by atoms with Gasteiger partial charge in [0, 0.05) is 12.0 Å². The van der Waals surface area contributed by atoms with Crippen molar-refractivity contribution in [1.29, 1.82) is 0 Å². The van der Waals surface area contributed by atoms with E-state index in [0.29, 0.717) is 25.2 Å². The minimum Gasteiger partial charge on any atom is -0.481 e. The van der Waals surface area contributed by atoms with Crippen LogP contribution in [0.3, 0.4) is 0 Å². The summed E-state index contributed by atoms with van der Waals surface area (Å²) in [5.74, 6) is 0.236. The van der Waals surface area contributed by atoms with Gasteiger partial charge in [0.15, 0.2) is 0 Å². The van der Waals surface area contributed by atoms with E-state index >= 15 is 0 Å². The van der Waals surface area contributed by atoms with E-state index in [1.165, 1.54) is 0 Å². The van der Waals surface area contributed by atoms with Crippen LogP contribution >= 0.6 is 0 Å². The molecule has 98 valence electrons. The fourth-order valence-electron chi connectivity index (χ4n) is 2.49. The van der Waals surface area contributed by atoms with Gasteiger partial charge in [0.25, 0.3) is 0 Å². The molecule has 4 heteroatoms. The van der Waals surface area contributed by atoms with E-state index in [0.717, 1.165) is 22.6 Å². The summed E-state index contributed by atoms with van der Waals surface area (Å²) in [7, 11) is 0. The lowest BCUT2D eigenvalue weighted by Crippen LogP contribution is -2.21. The average molecular weight is 257 g/mol. The number of nitrogens with zero attached hydrogens (tertiary/aromatic N) is 1. The number of carbonyl (C=O) groups is 1. The van der Waals surface area contributed by atoms with Crippen molar-refractivity contribution >= 4 is 5.97 Å². The fraction of sp³-hybridized carbons (Fsp3) is 0.333. The van der Waals surface area contributed by atoms with Crippen molar-refractivity contribution in [3.8, 4) is 11.5 Å². The third-order valence-corrected chi connectivity index (χ3v) is 3.55. The van der Waals surface area contributed by atoms with Crippen molar-refractivity contribution in [3.63, 3.8) is 0 Å². The Morgan fingerprint density at radius 2 is 2.32 bits per heavy atom. The van der Waals surface area contributed by atoms with Crippen LogP contribution in [0.15, 0.2) is 28.7 Å². The third kappa shape index (κ3) is 2.26. The van der Waals surface area contributed by atoms with Crippen molar-refractivity contribution in [1.82, 2.24) is 4.98 Å². The van der Waals surface area contributed by atoms with Gasteiger partial charge in [-0.15, -0.1) is 0 Å². The first-order valence-corrected chi connectivity index (χ1v) is 6.42. The van der Waals surface area contributed by atoms with Crippen molar-refractivity contribution in [2.75, 3.05) is 0 Å². The summed E-state index contributed by atoms with van der Waals surface area (Å²) in [6.07, 6.45) is 1.77. The van der Waals surface area contributed by atoms with Crippen LogP contribution < -0.4 is 0 Å². The highest BCUT2D eigenvalue weighted by atomic mass is 16.4. The second kappa shape index (κ2) is 4.53. The molecule has 1 unspecified atom stereocenters. The zero-order chi connectivity index (χ0) is 13.4. The van der Waals surface area contributed by atoms with E-state index in [4.69, 9.17) is 9.52 Å². The maximum Gasteiger partial charge on any atom is 0.306 e. The molecule has 0 spiro atoms. The number of oxazole rings is 1. The van der Waals surface area contributed by atoms with Crippen LogP contribution in [0.2, 0.25) is 0 Å². The Morgan fingerprint density at radius 3 is 3.05 bits per heavy atom. The first-order valence-electron chi connectivity index (χ1n) is 6.42. The zero-order valence-electron chi connectivity index (χ0n) is 10.7. The van der Waals surface area contributed by atoms with Crippen LogP contribution in [0.5, 0.6) is 0 Å². The number of aliphatic carboxylic acids is 1. The summed E-state index contributed by atoms with van der Waals surface area (Å²) in [6.45, 7) is 2.02. The van der Waals surface area contributed by atoms with Gasteiger partial charge >= 0.3 is 5.97 Å². The summed E-state index contributed by atoms with van der Waals surface area (Å²) in [4.78, 5) is 15.5. The van der Waals surface area contributed by atoms with Crippen LogP contribution in [0, 0.1) is 12.8 Å². The Hall–Kier alpha value is -2.10. The molecular formula is C15H15NO3. The molecule has 0 saturated heterocycles. The molecule has 1 N–H and O–H groups in total. The van der Waals surface area contributed by atoms with E-state index in [1.54, 1.807) is 0 Å². The molecular weight excluding hydrogens is 242 g/mol. The van der Waals surface area contributed by atoms with E-state index in [9.17, 15) is 4.79 Å². The highest BCUT2D eigenvalue weighted by Gasteiger charge is 2.28. The van der Waals surface area contributed by atoms with E-state index in [-0.39, 0.29) is 5.92 Å². The van der Waals surface area contributed by atoms with Crippen molar-refractivity contribution in [2.24, 2.45) is 5.92 Å². The summed E-state index contributed by atoms with van der Waals surface area (Å²) >= 11 is 0. The number of carboxylic acids is 1. The number of rotatable bonds is 2. The molecule has 1 aliphatic rings. The normalized spacial score (nSPS) is 18.1. The monoisotopic (exact) mass is 257 g/mol. The summed E-state index contributed by atoms with van der Waals surface area (Å²) < 4.78 is 5.75. The lowest BCUT2D eigenvalue weighted by atomic mass is 9.91. The molecule has 0 fully saturated rings. The largest absolute Gasteiger partial charge is 0.481 e. The quantitative estimate of drug-likeness (QED) is 0.898. The standard InChI is InChI=1S/C15H15NO3/c1-9-3-2-4-10(7-9)14-16-12-6-5-11(15(17)18)8-13(12)19-14/h2-4,7,11H,5-6,8H2,1H3,(H,17,18). The maximum atomic E-state index is 11.0. The molecule has 0 amide bonds. The number of hydrogen-bond donors (Lipinski definition) is 1. The smallest absolute Gasteiger partial charge is 0.306 e. The Morgan fingerprint density at radius 1 is 1.47 bits per heavy atom. The van der Waals surface area contributed by atoms with E-state index in [1.807, 2.05) is 31.2 Å². The van der Waals surface area contributed by atoms with E-state index in [2.05, 4.69) is 4.98 Å². The Labute approximate surface area is 111 Å². The minimum absolute atomic E-state index is 0.342. The van der Waals surface area contributed by atoms with Crippen molar-refractivity contribution in [2.45, 2.75) is 26.2 Å². The van der Waals surface area contributed by atoms with Gasteiger partial charge in [-0.05, 0) is 31.9 Å². The molecule has 2 aromatic rings. The molecule has 0 saturated carbocycles. The van der Waals surface area contributed by atoms with Gasteiger partial charge in [0.05, 0.1) is 11.6 Å². The Bertz CT molecular complexity index is 630. The molecule has 1 heterocycles. The van der Waals surface area contributed by atoms with E-state index < -0.39 is 5.97 Å². The van der Waals surface area contributed by atoms with Crippen LogP contribution in [0.25, 0.3) is 11.5 Å². The topological polar surface area (TPSA) is 63.3 Å². The van der Waals surface area contributed by atoms with Crippen LogP contribution in [0.1, 0.15) is 23.4 Å². The number of fused-ring (bicyclic) bond motifs is 1. The highest BCUT2D eigenvalue weighted by Crippen LogP contribution is 2.30. The van der Waals surface area contributed by atoms with Crippen molar-refractivity contribution < 1.29 is 14.3 Å². The molecule has 1 aromatic heterocycles. The summed E-state index contributed by atoms with van der Waals surface area (Å²) in [5, 5.41) is 9.06. The second-order valence-corrected chi connectivity index (χ2v) is 5.04. The lowest BCUT2D eigenvalue weighted by molar-refractivity contribution is -0.142. The van der Waals surface area contributed by atoms with Gasteiger partial charge in [0.2, 0.25) is 5.89 Å². The first kappa shape index (κ1) is 12.0. The number of aromatic nitrogens is 1. The Balaban J connectivity index is 1.93. The minimum atomic E-state index is -0.751. The van der Waals surface area contributed by atoms with Gasteiger partial charge in [0.1, 0.15) is 5.76 Å². The van der Waals surface area contributed by atoms with Gasteiger partial charge < -0.3 is 9.52 Å². The average Bonchev–Trinajstić information content (AvgIpc) is 2.81. The van der Waals surface area contributed by atoms with Crippen LogP contribution in [-0.2, 0) is 17.6 Å². The number of aryl methyl sites for hydroxylation is 2. The second-order valence-electron chi connectivity index (χ2n) is 5.04. The van der Waals surface area contributed by atoms with Crippen molar-refractivity contribution in [3.05, 3.63) is 41.3 Å². The van der Waals surface area contributed by atoms with Crippen LogP contribution in [-0.4, -0.2) is 16.1 Å². The number of hydrogen-bond acceptors (Lipinski definition) is 3. The number of carboxylic acid groups (broad SMARTS) is 1. The molecule has 1 aliphatic carbocycles. The highest BCUT2D eigenvalue weighted by molar-refractivity contribution is 5.70. The number of benzene rings is 1. The van der Waals surface area contributed by atoms with Gasteiger partial charge in [-0.1, -0.05) is 17.7 Å². The molecule has 3 rings (SSSR count). The fourth-order valence-corrected chi connectivity index (χ4v) is 2.49. The molecule has 0 radical (unpaired) electrons. The predicted octanol–water partition coefficient (Wildman–Crippen LogP) is 2.84. The summed E-state index contributed by atoms with van der Waals surface area (Å²) in [5.41, 5.74) is 3.01. The maximum absolute atomic E-state index is 11.0.